The average molecular weight is 594 g/mol. The normalized spacial score (nSPS) is 18.6. The van der Waals surface area contributed by atoms with Crippen LogP contribution in [0.5, 0.6) is 5.75 Å². The molecule has 0 bridgehead atoms. The third-order valence-electron chi connectivity index (χ3n) is 8.75. The van der Waals surface area contributed by atoms with Crippen LogP contribution in [0.2, 0.25) is 5.02 Å². The summed E-state index contributed by atoms with van der Waals surface area (Å²) in [5, 5.41) is 6.90. The summed E-state index contributed by atoms with van der Waals surface area (Å²) in [6, 6.07) is 8.02. The first-order valence-electron chi connectivity index (χ1n) is 14.9. The van der Waals surface area contributed by atoms with Crippen LogP contribution in [-0.4, -0.2) is 60.2 Å². The Morgan fingerprint density at radius 3 is 2.79 bits per heavy atom. The Morgan fingerprint density at radius 2 is 2.02 bits per heavy atom. The number of benzene rings is 2. The van der Waals surface area contributed by atoms with Gasteiger partial charge in [-0.05, 0) is 80.2 Å². The quantitative estimate of drug-likeness (QED) is 0.188. The highest BCUT2D eigenvalue weighted by Crippen LogP contribution is 2.59. The maximum atomic E-state index is 13.7. The van der Waals surface area contributed by atoms with Gasteiger partial charge in [0.1, 0.15) is 23.7 Å². The second kappa shape index (κ2) is 12.9. The number of halogens is 2. The molecule has 1 spiro atoms. The molecule has 6 rings (SSSR count). The molecule has 42 heavy (non-hydrogen) atoms. The molecule has 1 saturated heterocycles. The molecule has 0 radical (unpaired) electrons. The van der Waals surface area contributed by atoms with E-state index in [1.165, 1.54) is 50.6 Å². The lowest BCUT2D eigenvalue weighted by molar-refractivity contribution is -0.111. The Bertz CT molecular complexity index is 1450. The molecule has 8 nitrogen and oxygen atoms in total. The van der Waals surface area contributed by atoms with Gasteiger partial charge in [-0.2, -0.15) is 0 Å². The fourth-order valence-corrected chi connectivity index (χ4v) is 6.55. The van der Waals surface area contributed by atoms with Crippen molar-refractivity contribution in [3.63, 3.8) is 0 Å². The third-order valence-corrected chi connectivity index (χ3v) is 9.04. The number of morpholine rings is 1. The minimum atomic E-state index is -0.497. The second-order valence-electron chi connectivity index (χ2n) is 11.8. The number of carbonyl (C=O) groups is 1. The summed E-state index contributed by atoms with van der Waals surface area (Å²) in [6.45, 7) is 4.79. The van der Waals surface area contributed by atoms with Crippen molar-refractivity contribution in [2.24, 2.45) is 11.3 Å². The van der Waals surface area contributed by atoms with Gasteiger partial charge in [-0.3, -0.25) is 9.69 Å². The highest BCUT2D eigenvalue weighted by molar-refractivity contribution is 6.31. The van der Waals surface area contributed by atoms with Crippen LogP contribution in [0, 0.1) is 17.2 Å². The van der Waals surface area contributed by atoms with E-state index >= 15 is 0 Å². The van der Waals surface area contributed by atoms with E-state index in [1.54, 1.807) is 12.1 Å². The molecule has 222 valence electrons. The van der Waals surface area contributed by atoms with Crippen LogP contribution in [0.3, 0.4) is 0 Å². The van der Waals surface area contributed by atoms with Crippen LogP contribution in [0.1, 0.15) is 44.9 Å². The number of anilines is 3. The van der Waals surface area contributed by atoms with E-state index < -0.39 is 5.82 Å². The van der Waals surface area contributed by atoms with Crippen molar-refractivity contribution >= 4 is 45.6 Å². The van der Waals surface area contributed by atoms with E-state index in [0.29, 0.717) is 51.8 Å². The summed E-state index contributed by atoms with van der Waals surface area (Å²) in [5.41, 5.74) is 2.40. The van der Waals surface area contributed by atoms with Gasteiger partial charge in [-0.1, -0.05) is 24.1 Å². The number of rotatable bonds is 11. The number of hydrogen-bond donors (Lipinski definition) is 2. The Morgan fingerprint density at radius 1 is 1.19 bits per heavy atom. The molecule has 2 aliphatic carbocycles. The van der Waals surface area contributed by atoms with E-state index in [4.69, 9.17) is 21.1 Å². The van der Waals surface area contributed by atoms with Gasteiger partial charge >= 0.3 is 0 Å². The SMILES string of the molecule is O=C(C=CCC1CC2(CCC2)C1)Nc1cc2c(Nc3ccc(F)c(Cl)c3)ncnc2cc1OCCCN1CCOCC1. The zero-order valence-electron chi connectivity index (χ0n) is 23.7. The summed E-state index contributed by atoms with van der Waals surface area (Å²) in [4.78, 5) is 24.2. The molecule has 2 aromatic carbocycles. The van der Waals surface area contributed by atoms with Crippen LogP contribution in [0.25, 0.3) is 10.9 Å². The summed E-state index contributed by atoms with van der Waals surface area (Å²) in [6.07, 6.45) is 13.5. The number of fused-ring (bicyclic) bond motifs is 1. The monoisotopic (exact) mass is 593 g/mol. The standard InChI is InChI=1S/C32H37ClFN5O3/c33-25-16-23(6-7-26(25)34)37-31-24-17-28(38-30(40)5-1-4-22-19-32(20-22)8-2-9-32)29(18-27(24)35-21-36-31)42-13-3-10-39-11-14-41-15-12-39/h1,5-7,16-18,21-22H,2-4,8-15,19-20H2,(H,38,40)(H,35,36,37). The molecule has 2 N–H and O–H groups in total. The van der Waals surface area contributed by atoms with Gasteiger partial charge in [0.15, 0.2) is 0 Å². The predicted molar refractivity (Wildman–Crippen MR) is 163 cm³/mol. The number of nitrogens with zero attached hydrogens (tertiary/aromatic N) is 3. The average Bonchev–Trinajstić information content (AvgIpc) is 2.94. The molecule has 1 amide bonds. The predicted octanol–water partition coefficient (Wildman–Crippen LogP) is 6.73. The molecule has 0 atom stereocenters. The zero-order chi connectivity index (χ0) is 28.9. The van der Waals surface area contributed by atoms with Gasteiger partial charge in [-0.15, -0.1) is 0 Å². The molecular formula is C32H37ClFN5O3. The van der Waals surface area contributed by atoms with Gasteiger partial charge in [-0.25, -0.2) is 14.4 Å². The summed E-state index contributed by atoms with van der Waals surface area (Å²) >= 11 is 5.98. The molecule has 3 aliphatic rings. The molecule has 1 aliphatic heterocycles. The number of amides is 1. The molecule has 2 heterocycles. The smallest absolute Gasteiger partial charge is 0.248 e. The van der Waals surface area contributed by atoms with Crippen molar-refractivity contribution in [3.8, 4) is 5.75 Å². The third kappa shape index (κ3) is 6.85. The second-order valence-corrected chi connectivity index (χ2v) is 12.2. The minimum Gasteiger partial charge on any atom is -0.491 e. The van der Waals surface area contributed by atoms with Gasteiger partial charge in [0.05, 0.1) is 36.0 Å². The van der Waals surface area contributed by atoms with Crippen molar-refractivity contribution in [1.82, 2.24) is 14.9 Å². The highest BCUT2D eigenvalue weighted by Gasteiger charge is 2.47. The number of aromatic nitrogens is 2. The maximum Gasteiger partial charge on any atom is 0.248 e. The Labute approximate surface area is 250 Å². The van der Waals surface area contributed by atoms with Crippen molar-refractivity contribution in [3.05, 3.63) is 59.7 Å². The molecular weight excluding hydrogens is 557 g/mol. The van der Waals surface area contributed by atoms with Crippen molar-refractivity contribution < 1.29 is 18.7 Å². The number of nitrogens with one attached hydrogen (secondary N) is 2. The van der Waals surface area contributed by atoms with E-state index in [1.807, 2.05) is 18.2 Å². The highest BCUT2D eigenvalue weighted by atomic mass is 35.5. The fourth-order valence-electron chi connectivity index (χ4n) is 6.36. The van der Waals surface area contributed by atoms with E-state index in [9.17, 15) is 9.18 Å². The zero-order valence-corrected chi connectivity index (χ0v) is 24.5. The van der Waals surface area contributed by atoms with Crippen LogP contribution in [-0.2, 0) is 9.53 Å². The van der Waals surface area contributed by atoms with Crippen molar-refractivity contribution in [2.45, 2.75) is 44.9 Å². The first-order valence-corrected chi connectivity index (χ1v) is 15.3. The molecule has 3 fully saturated rings. The number of carbonyl (C=O) groups excluding carboxylic acids is 1. The van der Waals surface area contributed by atoms with Crippen LogP contribution >= 0.6 is 11.6 Å². The first-order chi connectivity index (χ1) is 20.5. The van der Waals surface area contributed by atoms with E-state index in [0.717, 1.165) is 45.7 Å². The van der Waals surface area contributed by atoms with Gasteiger partial charge in [0.2, 0.25) is 5.91 Å². The summed E-state index contributed by atoms with van der Waals surface area (Å²) < 4.78 is 25.3. The number of hydrogen-bond acceptors (Lipinski definition) is 7. The largest absolute Gasteiger partial charge is 0.491 e. The number of allylic oxidation sites excluding steroid dienone is 1. The van der Waals surface area contributed by atoms with Gasteiger partial charge in [0.25, 0.3) is 0 Å². The molecule has 10 heteroatoms. The summed E-state index contributed by atoms with van der Waals surface area (Å²) in [5.74, 6) is 1.03. The van der Waals surface area contributed by atoms with Crippen LogP contribution < -0.4 is 15.4 Å². The minimum absolute atomic E-state index is 0.00984. The van der Waals surface area contributed by atoms with Gasteiger partial charge < -0.3 is 20.1 Å². The molecule has 1 aromatic heterocycles. The Balaban J connectivity index is 1.17. The maximum absolute atomic E-state index is 13.7. The van der Waals surface area contributed by atoms with E-state index in [2.05, 4.69) is 25.5 Å². The lowest BCUT2D eigenvalue weighted by Crippen LogP contribution is -2.42. The van der Waals surface area contributed by atoms with Crippen LogP contribution in [0.4, 0.5) is 21.6 Å². The topological polar surface area (TPSA) is 88.6 Å². The van der Waals surface area contributed by atoms with Crippen molar-refractivity contribution in [2.75, 3.05) is 50.1 Å². The van der Waals surface area contributed by atoms with Crippen molar-refractivity contribution in [1.29, 1.82) is 0 Å². The molecule has 2 saturated carbocycles. The van der Waals surface area contributed by atoms with Crippen LogP contribution in [0.15, 0.2) is 48.8 Å². The lowest BCUT2D eigenvalue weighted by atomic mass is 9.51. The Kier molecular flexibility index (Phi) is 8.88. The molecule has 3 aromatic rings. The fraction of sp³-hybridized carbons (Fsp3) is 0.469. The molecule has 0 unspecified atom stereocenters. The lowest BCUT2D eigenvalue weighted by Gasteiger charge is -2.54. The Hall–Kier alpha value is -3.27. The summed E-state index contributed by atoms with van der Waals surface area (Å²) in [7, 11) is 0. The first kappa shape index (κ1) is 28.8. The van der Waals surface area contributed by atoms with E-state index in [-0.39, 0.29) is 10.9 Å². The number of ether oxygens (including phenoxy) is 2. The van der Waals surface area contributed by atoms with Gasteiger partial charge in [0, 0.05) is 36.8 Å².